The van der Waals surface area contributed by atoms with Crippen LogP contribution >= 0.6 is 11.3 Å². The molecule has 0 spiro atoms. The summed E-state index contributed by atoms with van der Waals surface area (Å²) in [4.78, 5) is 17.3. The second kappa shape index (κ2) is 7.71. The Hall–Kier alpha value is -2.32. The van der Waals surface area contributed by atoms with Crippen molar-refractivity contribution in [2.75, 3.05) is 5.75 Å². The molecular weight excluding hydrogens is 358 g/mol. The number of aromatic nitrogens is 3. The number of rotatable bonds is 6. The van der Waals surface area contributed by atoms with Gasteiger partial charge in [0.15, 0.2) is 0 Å². The first kappa shape index (κ1) is 17.5. The number of nitrogens with zero attached hydrogens (tertiary/aromatic N) is 3. The fourth-order valence-electron chi connectivity index (χ4n) is 2.24. The summed E-state index contributed by atoms with van der Waals surface area (Å²) < 4.78 is 19.1. The summed E-state index contributed by atoms with van der Waals surface area (Å²) in [5.74, 6) is -0.0430. The van der Waals surface area contributed by atoms with Gasteiger partial charge in [-0.05, 0) is 12.1 Å². The topological polar surface area (TPSA) is 74.1 Å². The third-order valence-corrected chi connectivity index (χ3v) is 5.78. The molecule has 8 heteroatoms. The van der Waals surface area contributed by atoms with Gasteiger partial charge in [0.1, 0.15) is 11.6 Å². The summed E-state index contributed by atoms with van der Waals surface area (Å²) in [6.07, 6.45) is 3.62. The zero-order valence-corrected chi connectivity index (χ0v) is 15.5. The van der Waals surface area contributed by atoms with E-state index in [4.69, 9.17) is 4.74 Å². The highest BCUT2D eigenvalue weighted by molar-refractivity contribution is 7.85. The largest absolute Gasteiger partial charge is 0.456 e. The molecule has 1 atom stereocenters. The fourth-order valence-corrected chi connectivity index (χ4v) is 3.96. The van der Waals surface area contributed by atoms with Crippen LogP contribution in [0, 0.1) is 0 Å². The summed E-state index contributed by atoms with van der Waals surface area (Å²) >= 11 is 1.47. The molecule has 0 saturated carbocycles. The van der Waals surface area contributed by atoms with E-state index in [1.54, 1.807) is 35.1 Å². The van der Waals surface area contributed by atoms with Crippen molar-refractivity contribution in [1.29, 1.82) is 0 Å². The molecule has 0 saturated heterocycles. The molecule has 2 aromatic heterocycles. The number of hydrogen-bond acceptors (Lipinski definition) is 6. The molecule has 0 bridgehead atoms. The lowest BCUT2D eigenvalue weighted by atomic mass is 10.2. The summed E-state index contributed by atoms with van der Waals surface area (Å²) in [7, 11) is 0.632. The van der Waals surface area contributed by atoms with Crippen LogP contribution in [0.2, 0.25) is 0 Å². The normalized spacial score (nSPS) is 12.1. The average molecular weight is 375 g/mol. The minimum absolute atomic E-state index is 0.0721. The smallest absolute Gasteiger partial charge is 0.339 e. The van der Waals surface area contributed by atoms with Gasteiger partial charge in [-0.3, -0.25) is 8.89 Å². The second-order valence-corrected chi connectivity index (χ2v) is 7.82. The second-order valence-electron chi connectivity index (χ2n) is 5.25. The number of carbonyl (C=O) groups excluding carboxylic acids is 1. The molecule has 3 aromatic rings. The number of hydrogen-bond donors (Lipinski definition) is 0. The zero-order valence-electron chi connectivity index (χ0n) is 13.8. The maximum absolute atomic E-state index is 12.3. The van der Waals surface area contributed by atoms with Gasteiger partial charge in [-0.1, -0.05) is 19.1 Å². The van der Waals surface area contributed by atoms with Crippen molar-refractivity contribution in [2.45, 2.75) is 18.4 Å². The van der Waals surface area contributed by atoms with Crippen LogP contribution in [0.1, 0.15) is 23.0 Å². The minimum atomic E-state index is -1.21. The van der Waals surface area contributed by atoms with Crippen LogP contribution in [0.15, 0.2) is 46.9 Å². The highest BCUT2D eigenvalue weighted by atomic mass is 32.2. The molecule has 130 valence electrons. The van der Waals surface area contributed by atoms with E-state index >= 15 is 0 Å². The van der Waals surface area contributed by atoms with Gasteiger partial charge in [-0.25, -0.2) is 9.78 Å². The van der Waals surface area contributed by atoms with Gasteiger partial charge in [0.05, 0.1) is 33.1 Å². The maximum atomic E-state index is 12.3. The molecule has 0 N–H and O–H groups in total. The Balaban J connectivity index is 1.69. The van der Waals surface area contributed by atoms with Crippen molar-refractivity contribution in [3.63, 3.8) is 0 Å². The van der Waals surface area contributed by atoms with Crippen LogP contribution in [0.5, 0.6) is 0 Å². The van der Waals surface area contributed by atoms with Crippen LogP contribution in [0.3, 0.4) is 0 Å². The Bertz CT molecular complexity index is 917. The third kappa shape index (κ3) is 4.02. The molecule has 0 aliphatic heterocycles. The number of benzene rings is 1. The predicted molar refractivity (Wildman–Crippen MR) is 96.8 cm³/mol. The molecule has 1 unspecified atom stereocenters. The first-order valence-electron chi connectivity index (χ1n) is 7.66. The maximum Gasteiger partial charge on any atom is 0.339 e. The van der Waals surface area contributed by atoms with E-state index in [-0.39, 0.29) is 6.61 Å². The first-order valence-corrected chi connectivity index (χ1v) is 9.86. The number of carbonyl (C=O) groups is 1. The summed E-state index contributed by atoms with van der Waals surface area (Å²) in [5, 5.41) is 6.80. The molecule has 6 nitrogen and oxygen atoms in total. The van der Waals surface area contributed by atoms with Gasteiger partial charge >= 0.3 is 5.97 Å². The average Bonchev–Trinajstić information content (AvgIpc) is 3.27. The summed E-state index contributed by atoms with van der Waals surface area (Å²) in [5.41, 5.74) is 1.94. The Morgan fingerprint density at radius 3 is 2.88 bits per heavy atom. The van der Waals surface area contributed by atoms with E-state index in [1.807, 2.05) is 25.5 Å². The molecule has 0 amide bonds. The van der Waals surface area contributed by atoms with Crippen molar-refractivity contribution in [3.8, 4) is 10.6 Å². The van der Waals surface area contributed by atoms with Crippen LogP contribution in [0.4, 0.5) is 0 Å². The van der Waals surface area contributed by atoms with E-state index in [0.717, 1.165) is 10.6 Å². The highest BCUT2D eigenvalue weighted by Gasteiger charge is 2.16. The quantitative estimate of drug-likeness (QED) is 0.619. The molecule has 0 aliphatic rings. The van der Waals surface area contributed by atoms with Gasteiger partial charge in [0.25, 0.3) is 0 Å². The van der Waals surface area contributed by atoms with Gasteiger partial charge in [-0.15, -0.1) is 11.3 Å². The Kier molecular flexibility index (Phi) is 5.40. The minimum Gasteiger partial charge on any atom is -0.456 e. The van der Waals surface area contributed by atoms with Crippen molar-refractivity contribution >= 4 is 28.1 Å². The van der Waals surface area contributed by atoms with Crippen molar-refractivity contribution in [1.82, 2.24) is 14.8 Å². The van der Waals surface area contributed by atoms with E-state index in [2.05, 4.69) is 10.1 Å². The lowest BCUT2D eigenvalue weighted by Crippen LogP contribution is -2.10. The van der Waals surface area contributed by atoms with E-state index < -0.39 is 16.8 Å². The standard InChI is InChI=1S/C17H17N3O3S2/c1-3-25(22)15-7-5-4-6-14(15)17(21)23-10-13-11-24-16(19-13)12-8-18-20(2)9-12/h4-9,11H,3,10H2,1-2H3. The van der Waals surface area contributed by atoms with Crippen LogP contribution in [-0.2, 0) is 29.2 Å². The van der Waals surface area contributed by atoms with Gasteiger partial charge in [-0.2, -0.15) is 5.10 Å². The lowest BCUT2D eigenvalue weighted by Gasteiger charge is -2.07. The molecular formula is C17H17N3O3S2. The number of ether oxygens (including phenoxy) is 1. The number of esters is 1. The molecule has 1 aromatic carbocycles. The predicted octanol–water partition coefficient (Wildman–Crippen LogP) is 3.03. The number of thiazole rings is 1. The summed E-state index contributed by atoms with van der Waals surface area (Å²) in [6, 6.07) is 6.82. The molecule has 25 heavy (non-hydrogen) atoms. The van der Waals surface area contributed by atoms with Crippen LogP contribution in [0.25, 0.3) is 10.6 Å². The van der Waals surface area contributed by atoms with Crippen molar-refractivity contribution in [2.24, 2.45) is 7.05 Å². The Morgan fingerprint density at radius 1 is 1.36 bits per heavy atom. The molecule has 0 fully saturated rings. The molecule has 0 aliphatic carbocycles. The summed E-state index contributed by atoms with van der Waals surface area (Å²) in [6.45, 7) is 1.89. The van der Waals surface area contributed by atoms with E-state index in [0.29, 0.717) is 21.9 Å². The Labute approximate surface area is 151 Å². The van der Waals surface area contributed by atoms with Gasteiger partial charge in [0, 0.05) is 29.9 Å². The fraction of sp³-hybridized carbons (Fsp3) is 0.235. The molecule has 3 rings (SSSR count). The number of aryl methyl sites for hydroxylation is 1. The first-order chi connectivity index (χ1) is 12.1. The molecule has 0 radical (unpaired) electrons. The van der Waals surface area contributed by atoms with Gasteiger partial charge < -0.3 is 4.74 Å². The van der Waals surface area contributed by atoms with Crippen LogP contribution < -0.4 is 0 Å². The lowest BCUT2D eigenvalue weighted by molar-refractivity contribution is 0.0464. The SMILES string of the molecule is CCS(=O)c1ccccc1C(=O)OCc1csc(-c2cnn(C)c2)n1. The Morgan fingerprint density at radius 2 is 2.16 bits per heavy atom. The zero-order chi connectivity index (χ0) is 17.8. The third-order valence-electron chi connectivity index (χ3n) is 3.47. The molecule has 2 heterocycles. The van der Waals surface area contributed by atoms with Crippen molar-refractivity contribution < 1.29 is 13.7 Å². The van der Waals surface area contributed by atoms with E-state index in [9.17, 15) is 9.00 Å². The monoisotopic (exact) mass is 375 g/mol. The van der Waals surface area contributed by atoms with Gasteiger partial charge in [0.2, 0.25) is 0 Å². The van der Waals surface area contributed by atoms with E-state index in [1.165, 1.54) is 11.3 Å². The van der Waals surface area contributed by atoms with Crippen molar-refractivity contribution in [3.05, 3.63) is 53.3 Å². The highest BCUT2D eigenvalue weighted by Crippen LogP contribution is 2.23. The van der Waals surface area contributed by atoms with Crippen LogP contribution in [-0.4, -0.2) is 30.7 Å².